The maximum absolute atomic E-state index is 13.0. The van der Waals surface area contributed by atoms with Gasteiger partial charge in [-0.05, 0) is 46.5 Å². The molecular weight excluding hydrogens is 656 g/mol. The Balaban J connectivity index is 2.57. The molecule has 1 aliphatic rings. The number of likely N-dealkylation sites (tertiary alicyclic amines) is 1. The summed E-state index contributed by atoms with van der Waals surface area (Å²) in [6.45, 7) is 9.61. The van der Waals surface area contributed by atoms with E-state index in [4.69, 9.17) is 4.74 Å². The lowest BCUT2D eigenvalue weighted by atomic mass is 9.88. The average molecular weight is 713 g/mol. The van der Waals surface area contributed by atoms with Crippen LogP contribution in [0.3, 0.4) is 0 Å². The number of carbonyl (C=O) groups excluding carboxylic acids is 8. The molecule has 1 saturated heterocycles. The number of rotatable bonds is 21. The average Bonchev–Trinajstić information content (AvgIpc) is 3.55. The molecule has 0 aromatic carbocycles. The summed E-state index contributed by atoms with van der Waals surface area (Å²) in [6, 6.07) is -2.33. The van der Waals surface area contributed by atoms with E-state index in [0.29, 0.717) is 25.8 Å². The summed E-state index contributed by atoms with van der Waals surface area (Å²) in [5.74, 6) is -4.36. The number of hydrogen-bond donors (Lipinski definition) is 8. The Bertz CT molecular complexity index is 1220. The molecule has 1 heterocycles. The Kier molecular flexibility index (Phi) is 18.4. The van der Waals surface area contributed by atoms with E-state index in [1.165, 1.54) is 18.9 Å². The fourth-order valence-electron chi connectivity index (χ4n) is 4.82. The minimum atomic E-state index is -1.45. The van der Waals surface area contributed by atoms with E-state index >= 15 is 0 Å². The lowest BCUT2D eigenvalue weighted by molar-refractivity contribution is -0.140. The molecule has 18 heteroatoms. The van der Waals surface area contributed by atoms with Crippen LogP contribution in [0.15, 0.2) is 0 Å². The van der Waals surface area contributed by atoms with Crippen molar-refractivity contribution in [3.8, 4) is 0 Å². The third-order valence-corrected chi connectivity index (χ3v) is 7.92. The molecule has 50 heavy (non-hydrogen) atoms. The lowest BCUT2D eigenvalue weighted by Crippen LogP contribution is -2.56. The Hall–Kier alpha value is -4.32. The first-order valence-corrected chi connectivity index (χ1v) is 16.8. The number of nitrogens with zero attached hydrogens (tertiary/aromatic N) is 1. The van der Waals surface area contributed by atoms with Gasteiger partial charge in [-0.15, -0.1) is 0 Å². The zero-order chi connectivity index (χ0) is 38.1. The molecule has 1 fully saturated rings. The van der Waals surface area contributed by atoms with Gasteiger partial charge in [-0.3, -0.25) is 38.4 Å². The minimum Gasteiger partial charge on any atom is -0.391 e. The van der Waals surface area contributed by atoms with E-state index in [9.17, 15) is 43.5 Å². The highest BCUT2D eigenvalue weighted by molar-refractivity contribution is 5.95. The van der Waals surface area contributed by atoms with Crippen molar-refractivity contribution in [1.29, 1.82) is 0 Å². The molecule has 1 rings (SSSR count). The van der Waals surface area contributed by atoms with Gasteiger partial charge >= 0.3 is 0 Å². The molecule has 8 amide bonds. The van der Waals surface area contributed by atoms with Crippen molar-refractivity contribution in [2.45, 2.75) is 97.4 Å². The molecule has 0 aromatic rings. The van der Waals surface area contributed by atoms with Crippen molar-refractivity contribution in [1.82, 2.24) is 42.1 Å². The van der Waals surface area contributed by atoms with E-state index in [1.54, 1.807) is 27.7 Å². The zero-order valence-corrected chi connectivity index (χ0v) is 30.3. The summed E-state index contributed by atoms with van der Waals surface area (Å²) < 4.78 is 5.89. The van der Waals surface area contributed by atoms with Crippen LogP contribution in [0.1, 0.15) is 73.6 Å². The molecule has 1 aliphatic heterocycles. The molecular formula is C32H56N8O10. The van der Waals surface area contributed by atoms with E-state index in [-0.39, 0.29) is 44.5 Å². The zero-order valence-electron chi connectivity index (χ0n) is 30.3. The van der Waals surface area contributed by atoms with Crippen LogP contribution in [-0.2, 0) is 43.1 Å². The number of carbonyl (C=O) groups is 8. The summed E-state index contributed by atoms with van der Waals surface area (Å²) in [7, 11) is 1.39. The number of amides is 8. The molecule has 0 radical (unpaired) electrons. The van der Waals surface area contributed by atoms with Crippen molar-refractivity contribution in [2.24, 2.45) is 5.41 Å². The number of likely N-dealkylation sites (N-methyl/N-ethyl adjacent to an activating group) is 1. The van der Waals surface area contributed by atoms with Gasteiger partial charge in [0, 0.05) is 32.2 Å². The maximum atomic E-state index is 13.0. The summed E-state index contributed by atoms with van der Waals surface area (Å²) in [6.07, 6.45) is 0.843. The SMILES string of the molecule is CCCNC(=O)CC(C)(C)OCCC(C)(C)C(=O)NCC(=O)N1CCCC1C(=O)NCC(=O)NC(C(=O)NCC(=O)NCC(=O)NC)C(C)O. The van der Waals surface area contributed by atoms with Gasteiger partial charge in [0.25, 0.3) is 0 Å². The molecule has 0 saturated carbocycles. The molecule has 18 nitrogen and oxygen atoms in total. The van der Waals surface area contributed by atoms with Crippen molar-refractivity contribution in [3.63, 3.8) is 0 Å². The first kappa shape index (κ1) is 43.7. The van der Waals surface area contributed by atoms with E-state index < -0.39 is 77.7 Å². The first-order valence-electron chi connectivity index (χ1n) is 16.8. The number of aliphatic hydroxyl groups excluding tert-OH is 1. The molecule has 3 unspecified atom stereocenters. The van der Waals surface area contributed by atoms with Crippen molar-refractivity contribution >= 4 is 47.3 Å². The van der Waals surface area contributed by atoms with E-state index in [0.717, 1.165) is 6.42 Å². The number of aliphatic hydroxyl groups is 1. The van der Waals surface area contributed by atoms with Gasteiger partial charge < -0.3 is 52.0 Å². The topological polar surface area (TPSA) is 253 Å². The fraction of sp³-hybridized carbons (Fsp3) is 0.750. The van der Waals surface area contributed by atoms with Gasteiger partial charge in [-0.2, -0.15) is 0 Å². The van der Waals surface area contributed by atoms with Gasteiger partial charge in [0.15, 0.2) is 0 Å². The number of ether oxygens (including phenoxy) is 1. The van der Waals surface area contributed by atoms with Gasteiger partial charge in [-0.1, -0.05) is 20.8 Å². The minimum absolute atomic E-state index is 0.115. The quantitative estimate of drug-likeness (QED) is 0.0606. The highest BCUT2D eigenvalue weighted by Crippen LogP contribution is 2.24. The molecule has 0 aromatic heterocycles. The second-order valence-electron chi connectivity index (χ2n) is 13.4. The van der Waals surface area contributed by atoms with Crippen LogP contribution >= 0.6 is 0 Å². The highest BCUT2D eigenvalue weighted by atomic mass is 16.5. The van der Waals surface area contributed by atoms with Gasteiger partial charge in [0.05, 0.1) is 44.3 Å². The lowest BCUT2D eigenvalue weighted by Gasteiger charge is -2.29. The van der Waals surface area contributed by atoms with Crippen LogP contribution in [0.5, 0.6) is 0 Å². The Labute approximate surface area is 293 Å². The predicted molar refractivity (Wildman–Crippen MR) is 181 cm³/mol. The van der Waals surface area contributed by atoms with Gasteiger partial charge in [-0.25, -0.2) is 0 Å². The van der Waals surface area contributed by atoms with E-state index in [1.807, 2.05) is 6.92 Å². The summed E-state index contributed by atoms with van der Waals surface area (Å²) >= 11 is 0. The van der Waals surface area contributed by atoms with Crippen LogP contribution in [0.4, 0.5) is 0 Å². The molecule has 284 valence electrons. The summed E-state index contributed by atoms with van der Waals surface area (Å²) in [5.41, 5.74) is -1.62. The predicted octanol–water partition coefficient (Wildman–Crippen LogP) is -2.82. The van der Waals surface area contributed by atoms with Crippen molar-refractivity contribution in [2.75, 3.05) is 52.9 Å². The van der Waals surface area contributed by atoms with Crippen LogP contribution in [-0.4, -0.2) is 134 Å². The third-order valence-electron chi connectivity index (χ3n) is 7.92. The van der Waals surface area contributed by atoms with Gasteiger partial charge in [0.2, 0.25) is 47.3 Å². The number of nitrogens with one attached hydrogen (secondary N) is 7. The fourth-order valence-corrected chi connectivity index (χ4v) is 4.82. The van der Waals surface area contributed by atoms with E-state index in [2.05, 4.69) is 37.2 Å². The monoisotopic (exact) mass is 712 g/mol. The van der Waals surface area contributed by atoms with Crippen LogP contribution in [0.2, 0.25) is 0 Å². The Morgan fingerprint density at radius 3 is 2.10 bits per heavy atom. The highest BCUT2D eigenvalue weighted by Gasteiger charge is 2.36. The standard InChI is InChI=1S/C32H56N8O10/c1-8-12-34-22(42)15-32(5,6)50-14-11-31(3,4)30(49)38-19-26(46)40-13-9-10-21(40)28(47)36-18-25(45)39-27(20(2)41)29(48)37-17-24(44)35-16-23(43)33-7/h20-21,27,41H,8-19H2,1-7H3,(H,33,43)(H,34,42)(H,35,44)(H,36,47)(H,37,48)(H,38,49)(H,39,45). The molecule has 8 N–H and O–H groups in total. The number of hydrogen-bond acceptors (Lipinski definition) is 10. The summed E-state index contributed by atoms with van der Waals surface area (Å²) in [5, 5.41) is 27.0. The van der Waals surface area contributed by atoms with Crippen LogP contribution in [0.25, 0.3) is 0 Å². The third kappa shape index (κ3) is 15.9. The molecule has 0 aliphatic carbocycles. The van der Waals surface area contributed by atoms with Crippen LogP contribution < -0.4 is 37.2 Å². The Morgan fingerprint density at radius 1 is 0.840 bits per heavy atom. The van der Waals surface area contributed by atoms with Gasteiger partial charge in [0.1, 0.15) is 12.1 Å². The van der Waals surface area contributed by atoms with Crippen LogP contribution in [0, 0.1) is 5.41 Å². The largest absolute Gasteiger partial charge is 0.391 e. The first-order chi connectivity index (χ1) is 23.3. The Morgan fingerprint density at radius 2 is 1.48 bits per heavy atom. The second kappa shape index (κ2) is 21.0. The smallest absolute Gasteiger partial charge is 0.245 e. The maximum Gasteiger partial charge on any atom is 0.245 e. The second-order valence-corrected chi connectivity index (χ2v) is 13.4. The van der Waals surface area contributed by atoms with Crippen molar-refractivity contribution < 1.29 is 48.2 Å². The molecule has 0 bridgehead atoms. The normalized spacial score (nSPS) is 15.6. The summed E-state index contributed by atoms with van der Waals surface area (Å²) in [4.78, 5) is 100. The molecule has 3 atom stereocenters. The van der Waals surface area contributed by atoms with Crippen molar-refractivity contribution in [3.05, 3.63) is 0 Å². The molecule has 0 spiro atoms.